The molecule has 0 aromatic heterocycles. The van der Waals surface area contributed by atoms with Gasteiger partial charge in [-0.2, -0.15) is 0 Å². The molecule has 1 unspecified atom stereocenters. The first-order valence-corrected chi connectivity index (χ1v) is 7.93. The summed E-state index contributed by atoms with van der Waals surface area (Å²) < 4.78 is 28.0. The van der Waals surface area contributed by atoms with Crippen molar-refractivity contribution in [3.8, 4) is 0 Å². The highest BCUT2D eigenvalue weighted by molar-refractivity contribution is 9.10. The van der Waals surface area contributed by atoms with Crippen LogP contribution in [0, 0.1) is 5.92 Å². The molecule has 104 valence electrons. The van der Waals surface area contributed by atoms with Gasteiger partial charge in [0.15, 0.2) is 0 Å². The third kappa shape index (κ3) is 3.53. The third-order valence-electron chi connectivity index (χ3n) is 2.83. The Hall–Kier alpha value is -0.960. The highest BCUT2D eigenvalue weighted by atomic mass is 79.9. The van der Waals surface area contributed by atoms with Crippen LogP contribution in [-0.4, -0.2) is 27.5 Å². The number of anilines is 1. The highest BCUT2D eigenvalue weighted by Gasteiger charge is 2.24. The van der Waals surface area contributed by atoms with E-state index in [1.165, 1.54) is 18.2 Å². The Labute approximate surface area is 119 Å². The first kappa shape index (κ1) is 14.4. The summed E-state index contributed by atoms with van der Waals surface area (Å²) in [6.45, 7) is 1.00. The van der Waals surface area contributed by atoms with Gasteiger partial charge in [-0.3, -0.25) is 4.79 Å². The maximum atomic E-state index is 11.9. The first-order valence-electron chi connectivity index (χ1n) is 5.59. The summed E-state index contributed by atoms with van der Waals surface area (Å²) in [6.07, 6.45) is 0.693. The summed E-state index contributed by atoms with van der Waals surface area (Å²) >= 11 is 3.21. The average Bonchev–Trinajstić information content (AvgIpc) is 2.84. The highest BCUT2D eigenvalue weighted by Crippen LogP contribution is 2.26. The first-order chi connectivity index (χ1) is 8.88. The number of amides is 1. The zero-order valence-electron chi connectivity index (χ0n) is 9.93. The Morgan fingerprint density at radius 2 is 2.21 bits per heavy atom. The average molecular weight is 349 g/mol. The molecular weight excluding hydrogens is 336 g/mol. The number of ether oxygens (including phenoxy) is 1. The van der Waals surface area contributed by atoms with Crippen LogP contribution in [0.15, 0.2) is 27.6 Å². The second kappa shape index (κ2) is 5.58. The molecule has 1 aliphatic heterocycles. The molecule has 1 aliphatic rings. The number of carbonyl (C=O) groups excluding carboxylic acids is 1. The van der Waals surface area contributed by atoms with E-state index in [9.17, 15) is 13.2 Å². The molecule has 1 heterocycles. The van der Waals surface area contributed by atoms with Gasteiger partial charge in [-0.05, 0) is 40.5 Å². The van der Waals surface area contributed by atoms with E-state index in [4.69, 9.17) is 9.88 Å². The van der Waals surface area contributed by atoms with Gasteiger partial charge in [-0.25, -0.2) is 13.6 Å². The van der Waals surface area contributed by atoms with E-state index in [1.54, 1.807) is 0 Å². The standard InChI is InChI=1S/C11H13BrN2O4S/c12-9-5-8(19(13,16)17)1-2-10(9)14-11(15)7-3-4-18-6-7/h1-2,5,7H,3-4,6H2,(H,14,15)(H2,13,16,17). The van der Waals surface area contributed by atoms with Gasteiger partial charge in [0.1, 0.15) is 0 Å². The molecule has 0 bridgehead atoms. The topological polar surface area (TPSA) is 98.5 Å². The maximum absolute atomic E-state index is 11.9. The van der Waals surface area contributed by atoms with E-state index in [-0.39, 0.29) is 16.7 Å². The fourth-order valence-corrected chi connectivity index (χ4v) is 2.92. The number of nitrogens with two attached hydrogens (primary N) is 1. The zero-order chi connectivity index (χ0) is 14.0. The smallest absolute Gasteiger partial charge is 0.238 e. The van der Waals surface area contributed by atoms with Crippen LogP contribution < -0.4 is 10.5 Å². The third-order valence-corrected chi connectivity index (χ3v) is 4.39. The number of halogens is 1. The van der Waals surface area contributed by atoms with E-state index in [1.807, 2.05) is 0 Å². The molecule has 1 amide bonds. The molecule has 1 atom stereocenters. The van der Waals surface area contributed by atoms with Crippen LogP contribution in [-0.2, 0) is 19.6 Å². The Kier molecular flexibility index (Phi) is 4.24. The van der Waals surface area contributed by atoms with Crippen molar-refractivity contribution >= 4 is 37.5 Å². The van der Waals surface area contributed by atoms with Crippen LogP contribution in [0.25, 0.3) is 0 Å². The van der Waals surface area contributed by atoms with Crippen molar-refractivity contribution in [1.82, 2.24) is 0 Å². The number of nitrogens with one attached hydrogen (secondary N) is 1. The summed E-state index contributed by atoms with van der Waals surface area (Å²) in [6, 6.07) is 4.20. The van der Waals surface area contributed by atoms with Gasteiger partial charge in [0.2, 0.25) is 15.9 Å². The monoisotopic (exact) mass is 348 g/mol. The van der Waals surface area contributed by atoms with E-state index in [2.05, 4.69) is 21.2 Å². The molecular formula is C11H13BrN2O4S. The van der Waals surface area contributed by atoms with Crippen molar-refractivity contribution in [3.05, 3.63) is 22.7 Å². The Balaban J connectivity index is 2.15. The minimum Gasteiger partial charge on any atom is -0.381 e. The van der Waals surface area contributed by atoms with Crippen molar-refractivity contribution in [2.75, 3.05) is 18.5 Å². The van der Waals surface area contributed by atoms with E-state index in [0.717, 1.165) is 0 Å². The van der Waals surface area contributed by atoms with Gasteiger partial charge in [0.25, 0.3) is 0 Å². The summed E-state index contributed by atoms with van der Waals surface area (Å²) in [5, 5.41) is 7.75. The number of hydrogen-bond donors (Lipinski definition) is 2. The summed E-state index contributed by atoms with van der Waals surface area (Å²) in [5.74, 6) is -0.300. The van der Waals surface area contributed by atoms with Crippen molar-refractivity contribution in [2.45, 2.75) is 11.3 Å². The quantitative estimate of drug-likeness (QED) is 0.853. The van der Waals surface area contributed by atoms with E-state index >= 15 is 0 Å². The largest absolute Gasteiger partial charge is 0.381 e. The van der Waals surface area contributed by atoms with Crippen LogP contribution in [0.2, 0.25) is 0 Å². The summed E-state index contributed by atoms with van der Waals surface area (Å²) in [7, 11) is -3.75. The molecule has 0 aliphatic carbocycles. The SMILES string of the molecule is NS(=O)(=O)c1ccc(NC(=O)C2CCOC2)c(Br)c1. The molecule has 19 heavy (non-hydrogen) atoms. The minimum atomic E-state index is -3.75. The Bertz CT molecular complexity index is 597. The van der Waals surface area contributed by atoms with Crippen molar-refractivity contribution in [1.29, 1.82) is 0 Å². The van der Waals surface area contributed by atoms with Gasteiger partial charge < -0.3 is 10.1 Å². The predicted octanol–water partition coefficient (Wildman–Crippen LogP) is 1.07. The zero-order valence-corrected chi connectivity index (χ0v) is 12.3. The number of primary sulfonamides is 1. The summed E-state index contributed by atoms with van der Waals surface area (Å²) in [5.41, 5.74) is 0.504. The fraction of sp³-hybridized carbons (Fsp3) is 0.364. The normalized spacial score (nSPS) is 19.4. The second-order valence-electron chi connectivity index (χ2n) is 4.24. The Morgan fingerprint density at radius 3 is 2.74 bits per heavy atom. The number of hydrogen-bond acceptors (Lipinski definition) is 4. The molecule has 1 fully saturated rings. The number of benzene rings is 1. The minimum absolute atomic E-state index is 0.0124. The van der Waals surface area contributed by atoms with Gasteiger partial charge in [-0.15, -0.1) is 0 Å². The van der Waals surface area contributed by atoms with Crippen LogP contribution >= 0.6 is 15.9 Å². The molecule has 1 aromatic rings. The van der Waals surface area contributed by atoms with Crippen LogP contribution in [0.3, 0.4) is 0 Å². The van der Waals surface area contributed by atoms with Crippen LogP contribution in [0.5, 0.6) is 0 Å². The lowest BCUT2D eigenvalue weighted by atomic mass is 10.1. The second-order valence-corrected chi connectivity index (χ2v) is 6.65. The van der Waals surface area contributed by atoms with Gasteiger partial charge in [-0.1, -0.05) is 0 Å². The molecule has 1 aromatic carbocycles. The number of sulfonamides is 1. The molecule has 8 heteroatoms. The lowest BCUT2D eigenvalue weighted by Gasteiger charge is -2.11. The van der Waals surface area contributed by atoms with Gasteiger partial charge in [0, 0.05) is 11.1 Å². The predicted molar refractivity (Wildman–Crippen MR) is 73.1 cm³/mol. The molecule has 2 rings (SSSR count). The molecule has 1 saturated heterocycles. The van der Waals surface area contributed by atoms with Crippen molar-refractivity contribution in [3.63, 3.8) is 0 Å². The Morgan fingerprint density at radius 1 is 1.47 bits per heavy atom. The molecule has 0 radical (unpaired) electrons. The maximum Gasteiger partial charge on any atom is 0.238 e. The van der Waals surface area contributed by atoms with Gasteiger partial charge in [0.05, 0.1) is 23.1 Å². The summed E-state index contributed by atoms with van der Waals surface area (Å²) in [4.78, 5) is 11.9. The molecule has 3 N–H and O–H groups in total. The van der Waals surface area contributed by atoms with Gasteiger partial charge >= 0.3 is 0 Å². The van der Waals surface area contributed by atoms with E-state index < -0.39 is 10.0 Å². The number of carbonyl (C=O) groups is 1. The van der Waals surface area contributed by atoms with E-state index in [0.29, 0.717) is 29.8 Å². The van der Waals surface area contributed by atoms with Crippen molar-refractivity contribution in [2.24, 2.45) is 11.1 Å². The van der Waals surface area contributed by atoms with Crippen molar-refractivity contribution < 1.29 is 17.9 Å². The lowest BCUT2D eigenvalue weighted by Crippen LogP contribution is -2.23. The van der Waals surface area contributed by atoms with Crippen LogP contribution in [0.1, 0.15) is 6.42 Å². The fourth-order valence-electron chi connectivity index (χ4n) is 1.75. The number of rotatable bonds is 3. The van der Waals surface area contributed by atoms with Crippen LogP contribution in [0.4, 0.5) is 5.69 Å². The molecule has 0 spiro atoms. The lowest BCUT2D eigenvalue weighted by molar-refractivity contribution is -0.119. The molecule has 6 nitrogen and oxygen atoms in total. The molecule has 0 saturated carbocycles.